The van der Waals surface area contributed by atoms with Gasteiger partial charge in [0.15, 0.2) is 0 Å². The van der Waals surface area contributed by atoms with Crippen LogP contribution in [0, 0.1) is 5.92 Å². The van der Waals surface area contributed by atoms with Crippen molar-refractivity contribution < 1.29 is 13.9 Å². The molecule has 0 aromatic heterocycles. The minimum Gasteiger partial charge on any atom is -0.463 e. The van der Waals surface area contributed by atoms with E-state index in [0.29, 0.717) is 12.5 Å². The Labute approximate surface area is 98.6 Å². The molecule has 0 N–H and O–H groups in total. The fourth-order valence-corrected chi connectivity index (χ4v) is 1.39. The van der Waals surface area contributed by atoms with E-state index in [2.05, 4.69) is 13.8 Å². The number of carbonyl (C=O) groups is 1. The predicted molar refractivity (Wildman–Crippen MR) is 64.1 cm³/mol. The van der Waals surface area contributed by atoms with E-state index in [1.165, 1.54) is 6.92 Å². The van der Waals surface area contributed by atoms with E-state index in [1.807, 2.05) is 0 Å². The van der Waals surface area contributed by atoms with E-state index in [-0.39, 0.29) is 6.42 Å². The lowest BCUT2D eigenvalue weighted by molar-refractivity contribution is -0.158. The molecule has 0 bridgehead atoms. The summed E-state index contributed by atoms with van der Waals surface area (Å²) in [5, 5.41) is 0. The van der Waals surface area contributed by atoms with Crippen molar-refractivity contribution in [2.45, 2.75) is 65.5 Å². The van der Waals surface area contributed by atoms with Gasteiger partial charge in [0.25, 0.3) is 0 Å². The molecule has 0 rings (SSSR count). The number of rotatable bonds is 8. The summed E-state index contributed by atoms with van der Waals surface area (Å²) in [5.74, 6) is -0.346. The molecule has 0 amide bonds. The molecule has 0 radical (unpaired) electrons. The zero-order valence-corrected chi connectivity index (χ0v) is 11.0. The molecule has 0 saturated heterocycles. The summed E-state index contributed by atoms with van der Waals surface area (Å²) in [4.78, 5) is 11.4. The van der Waals surface area contributed by atoms with Crippen LogP contribution in [0.25, 0.3) is 0 Å². The van der Waals surface area contributed by atoms with Crippen LogP contribution >= 0.6 is 0 Å². The van der Waals surface area contributed by atoms with Gasteiger partial charge in [-0.05, 0) is 25.7 Å². The van der Waals surface area contributed by atoms with E-state index in [9.17, 15) is 9.18 Å². The number of hydrogen-bond acceptors (Lipinski definition) is 2. The second-order valence-electron chi connectivity index (χ2n) is 4.57. The fourth-order valence-electron chi connectivity index (χ4n) is 1.39. The van der Waals surface area contributed by atoms with Crippen LogP contribution in [0.4, 0.5) is 4.39 Å². The summed E-state index contributed by atoms with van der Waals surface area (Å²) in [6.45, 7) is 7.49. The molecule has 96 valence electrons. The molecule has 0 spiro atoms. The van der Waals surface area contributed by atoms with E-state index in [4.69, 9.17) is 4.74 Å². The van der Waals surface area contributed by atoms with Crippen molar-refractivity contribution in [3.8, 4) is 0 Å². The molecular formula is C13H25FO2. The molecule has 16 heavy (non-hydrogen) atoms. The minimum atomic E-state index is -1.83. The lowest BCUT2D eigenvalue weighted by Crippen LogP contribution is -2.32. The van der Waals surface area contributed by atoms with Gasteiger partial charge in [-0.3, -0.25) is 0 Å². The maximum atomic E-state index is 13.5. The Morgan fingerprint density at radius 3 is 2.44 bits per heavy atom. The summed E-state index contributed by atoms with van der Waals surface area (Å²) in [7, 11) is 0. The van der Waals surface area contributed by atoms with Crippen LogP contribution in [0.5, 0.6) is 0 Å². The van der Waals surface area contributed by atoms with Gasteiger partial charge in [0.1, 0.15) is 0 Å². The van der Waals surface area contributed by atoms with E-state index in [1.54, 1.807) is 6.92 Å². The molecule has 2 unspecified atom stereocenters. The molecule has 0 aromatic carbocycles. The summed E-state index contributed by atoms with van der Waals surface area (Å²) in [6.07, 6.45) is 4.46. The van der Waals surface area contributed by atoms with E-state index < -0.39 is 11.6 Å². The first-order valence-corrected chi connectivity index (χ1v) is 6.34. The monoisotopic (exact) mass is 232 g/mol. The van der Waals surface area contributed by atoms with Gasteiger partial charge in [-0.2, -0.15) is 0 Å². The van der Waals surface area contributed by atoms with Gasteiger partial charge in [-0.25, -0.2) is 9.18 Å². The number of ether oxygens (including phenoxy) is 1. The van der Waals surface area contributed by atoms with Crippen molar-refractivity contribution >= 4 is 5.97 Å². The predicted octanol–water partition coefficient (Wildman–Crippen LogP) is 3.88. The van der Waals surface area contributed by atoms with Gasteiger partial charge >= 0.3 is 5.97 Å². The third kappa shape index (κ3) is 5.47. The zero-order chi connectivity index (χ0) is 12.6. The maximum absolute atomic E-state index is 13.5. The quantitative estimate of drug-likeness (QED) is 0.593. The molecular weight excluding hydrogens is 207 g/mol. The van der Waals surface area contributed by atoms with Crippen LogP contribution < -0.4 is 0 Å². The molecule has 0 aliphatic rings. The number of esters is 1. The SMILES string of the molecule is CCCCC(CC)COC(=O)C(C)(F)CC. The van der Waals surface area contributed by atoms with Crippen LogP contribution in [0.2, 0.25) is 0 Å². The number of unbranched alkanes of at least 4 members (excludes halogenated alkanes) is 1. The third-order valence-corrected chi connectivity index (χ3v) is 3.08. The summed E-state index contributed by atoms with van der Waals surface area (Å²) in [6, 6.07) is 0. The van der Waals surface area contributed by atoms with Crippen molar-refractivity contribution in [2.75, 3.05) is 6.61 Å². The largest absolute Gasteiger partial charge is 0.463 e. The minimum absolute atomic E-state index is 0.164. The highest BCUT2D eigenvalue weighted by Gasteiger charge is 2.32. The number of alkyl halides is 1. The number of carbonyl (C=O) groups excluding carboxylic acids is 1. The second kappa shape index (κ2) is 7.64. The summed E-state index contributed by atoms with van der Waals surface area (Å²) < 4.78 is 18.6. The van der Waals surface area contributed by atoms with Crippen molar-refractivity contribution in [3.05, 3.63) is 0 Å². The van der Waals surface area contributed by atoms with Crippen LogP contribution in [-0.2, 0) is 9.53 Å². The highest BCUT2D eigenvalue weighted by molar-refractivity contribution is 5.78. The normalized spacial score (nSPS) is 16.6. The van der Waals surface area contributed by atoms with Gasteiger partial charge < -0.3 is 4.74 Å². The van der Waals surface area contributed by atoms with Crippen molar-refractivity contribution in [1.82, 2.24) is 0 Å². The first-order valence-electron chi connectivity index (χ1n) is 6.34. The molecule has 0 aliphatic heterocycles. The Morgan fingerprint density at radius 2 is 2.00 bits per heavy atom. The Balaban J connectivity index is 3.97. The lowest BCUT2D eigenvalue weighted by Gasteiger charge is -2.19. The highest BCUT2D eigenvalue weighted by atomic mass is 19.1. The van der Waals surface area contributed by atoms with Gasteiger partial charge in [-0.1, -0.05) is 40.0 Å². The molecule has 0 fully saturated rings. The van der Waals surface area contributed by atoms with E-state index >= 15 is 0 Å². The van der Waals surface area contributed by atoms with Crippen molar-refractivity contribution in [2.24, 2.45) is 5.92 Å². The molecule has 2 atom stereocenters. The standard InChI is InChI=1S/C13H25FO2/c1-5-8-9-11(6-2)10-16-12(15)13(4,14)7-3/h11H,5-10H2,1-4H3. The fraction of sp³-hybridized carbons (Fsp3) is 0.923. The Bertz CT molecular complexity index is 202. The topological polar surface area (TPSA) is 26.3 Å². The summed E-state index contributed by atoms with van der Waals surface area (Å²) >= 11 is 0. The molecule has 3 heteroatoms. The average Bonchev–Trinajstić information content (AvgIpc) is 2.28. The second-order valence-corrected chi connectivity index (χ2v) is 4.57. The molecule has 0 aliphatic carbocycles. The van der Waals surface area contributed by atoms with Gasteiger partial charge in [0.2, 0.25) is 5.67 Å². The van der Waals surface area contributed by atoms with Gasteiger partial charge in [-0.15, -0.1) is 0 Å². The smallest absolute Gasteiger partial charge is 0.343 e. The Kier molecular flexibility index (Phi) is 7.35. The molecule has 2 nitrogen and oxygen atoms in total. The number of halogens is 1. The van der Waals surface area contributed by atoms with Crippen molar-refractivity contribution in [3.63, 3.8) is 0 Å². The van der Waals surface area contributed by atoms with Crippen molar-refractivity contribution in [1.29, 1.82) is 0 Å². The van der Waals surface area contributed by atoms with E-state index in [0.717, 1.165) is 25.7 Å². The summed E-state index contributed by atoms with van der Waals surface area (Å²) in [5.41, 5.74) is -1.83. The third-order valence-electron chi connectivity index (χ3n) is 3.08. The number of hydrogen-bond donors (Lipinski definition) is 0. The first kappa shape index (κ1) is 15.4. The zero-order valence-electron chi connectivity index (χ0n) is 11.0. The molecule has 0 saturated carbocycles. The van der Waals surface area contributed by atoms with Crippen LogP contribution in [0.15, 0.2) is 0 Å². The lowest BCUT2D eigenvalue weighted by atomic mass is 10.0. The highest BCUT2D eigenvalue weighted by Crippen LogP contribution is 2.19. The molecule has 0 aromatic rings. The van der Waals surface area contributed by atoms with Crippen LogP contribution in [0.1, 0.15) is 59.8 Å². The molecule has 0 heterocycles. The Morgan fingerprint density at radius 1 is 1.38 bits per heavy atom. The van der Waals surface area contributed by atoms with Crippen LogP contribution in [-0.4, -0.2) is 18.2 Å². The van der Waals surface area contributed by atoms with Gasteiger partial charge in [0, 0.05) is 0 Å². The maximum Gasteiger partial charge on any atom is 0.343 e. The first-order chi connectivity index (χ1) is 7.47. The average molecular weight is 232 g/mol. The van der Waals surface area contributed by atoms with Crippen LogP contribution in [0.3, 0.4) is 0 Å². The van der Waals surface area contributed by atoms with Gasteiger partial charge in [0.05, 0.1) is 6.61 Å². The Hall–Kier alpha value is -0.600.